The molecule has 0 amide bonds. The van der Waals surface area contributed by atoms with Crippen LogP contribution in [0.3, 0.4) is 0 Å². The summed E-state index contributed by atoms with van der Waals surface area (Å²) in [6.45, 7) is 10.9. The van der Waals surface area contributed by atoms with Gasteiger partial charge in [-0.2, -0.15) is 10.2 Å². The first-order valence-corrected chi connectivity index (χ1v) is 6.12. The third-order valence-corrected chi connectivity index (χ3v) is 1.46. The van der Waals surface area contributed by atoms with Gasteiger partial charge in [-0.05, 0) is 6.92 Å². The van der Waals surface area contributed by atoms with Crippen molar-refractivity contribution in [2.45, 2.75) is 41.0 Å². The smallest absolute Gasteiger partial charge is 0.138 e. The molecule has 0 aliphatic carbocycles. The van der Waals surface area contributed by atoms with Gasteiger partial charge in [-0.3, -0.25) is 0 Å². The van der Waals surface area contributed by atoms with Crippen LogP contribution >= 0.6 is 0 Å². The van der Waals surface area contributed by atoms with Gasteiger partial charge in [0.2, 0.25) is 0 Å². The molecule has 0 atom stereocenters. The fourth-order valence-electron chi connectivity index (χ4n) is 0.813. The lowest BCUT2D eigenvalue weighted by Gasteiger charge is -2.00. The molecule has 0 aromatic carbocycles. The van der Waals surface area contributed by atoms with E-state index in [1.165, 1.54) is 6.33 Å². The van der Waals surface area contributed by atoms with Crippen LogP contribution in [-0.4, -0.2) is 40.0 Å². The van der Waals surface area contributed by atoms with Crippen LogP contribution in [0.2, 0.25) is 0 Å². The molecular weight excluding hydrogens is 214 g/mol. The predicted molar refractivity (Wildman–Crippen MR) is 73.0 cm³/mol. The van der Waals surface area contributed by atoms with E-state index in [0.717, 1.165) is 18.7 Å². The second-order valence-corrected chi connectivity index (χ2v) is 2.72. The van der Waals surface area contributed by atoms with Crippen LogP contribution < -0.4 is 0 Å². The summed E-state index contributed by atoms with van der Waals surface area (Å²) in [5.41, 5.74) is 0.850. The van der Waals surface area contributed by atoms with Crippen LogP contribution in [-0.2, 0) is 0 Å². The van der Waals surface area contributed by atoms with Crippen molar-refractivity contribution in [3.05, 3.63) is 18.2 Å². The van der Waals surface area contributed by atoms with Gasteiger partial charge in [0.25, 0.3) is 0 Å². The fraction of sp³-hybridized carbons (Fsp3) is 0.667. The van der Waals surface area contributed by atoms with Crippen molar-refractivity contribution in [3.63, 3.8) is 0 Å². The molecule has 0 spiro atoms. The van der Waals surface area contributed by atoms with Crippen molar-refractivity contribution in [2.24, 2.45) is 5.10 Å². The Balaban J connectivity index is 0. The van der Waals surface area contributed by atoms with E-state index in [0.29, 0.717) is 0 Å². The number of hydrogen-bond acceptors (Lipinski definition) is 5. The first kappa shape index (κ1) is 17.9. The third kappa shape index (κ3) is 12.4. The monoisotopic (exact) mass is 239 g/mol. The maximum Gasteiger partial charge on any atom is 0.138 e. The van der Waals surface area contributed by atoms with E-state index >= 15 is 0 Å². The normalized spacial score (nSPS) is 11.3. The van der Waals surface area contributed by atoms with Crippen LogP contribution in [0, 0.1) is 6.92 Å². The molecule has 1 aliphatic rings. The van der Waals surface area contributed by atoms with Crippen molar-refractivity contribution >= 4 is 6.21 Å². The number of nitrogens with zero attached hydrogens (tertiary/aromatic N) is 5. The Morgan fingerprint density at radius 3 is 2.00 bits per heavy atom. The van der Waals surface area contributed by atoms with E-state index in [2.05, 4.69) is 20.3 Å². The van der Waals surface area contributed by atoms with E-state index < -0.39 is 0 Å². The summed E-state index contributed by atoms with van der Waals surface area (Å²) in [6.07, 6.45) is 6.12. The Hall–Kier alpha value is -1.52. The molecule has 0 unspecified atom stereocenters. The van der Waals surface area contributed by atoms with Gasteiger partial charge in [0.1, 0.15) is 6.33 Å². The maximum atomic E-state index is 3.94. The Labute approximate surface area is 105 Å². The summed E-state index contributed by atoms with van der Waals surface area (Å²) in [7, 11) is 1.98. The van der Waals surface area contributed by atoms with Crippen LogP contribution in [0.5, 0.6) is 0 Å². The maximum absolute atomic E-state index is 3.94. The number of hydrogen-bond donors (Lipinski definition) is 0. The lowest BCUT2D eigenvalue weighted by atomic mass is 10.5. The molecule has 0 bridgehead atoms. The van der Waals surface area contributed by atoms with Crippen molar-refractivity contribution in [1.82, 2.24) is 20.2 Å². The van der Waals surface area contributed by atoms with Crippen LogP contribution in [0.25, 0.3) is 0 Å². The Morgan fingerprint density at radius 2 is 1.82 bits per heavy atom. The molecule has 5 nitrogen and oxygen atoms in total. The van der Waals surface area contributed by atoms with E-state index in [9.17, 15) is 0 Å². The zero-order valence-electron chi connectivity index (χ0n) is 11.9. The Bertz CT molecular complexity index is 261. The van der Waals surface area contributed by atoms with Gasteiger partial charge in [0.15, 0.2) is 0 Å². The SMILES string of the molecule is CC.CC.CN1CCC=N1.Cc1cncnn1. The molecule has 0 radical (unpaired) electrons. The van der Waals surface area contributed by atoms with E-state index in [1.807, 2.05) is 52.9 Å². The quantitative estimate of drug-likeness (QED) is 0.698. The van der Waals surface area contributed by atoms with Gasteiger partial charge in [-0.15, -0.1) is 5.10 Å². The van der Waals surface area contributed by atoms with Gasteiger partial charge in [0.05, 0.1) is 11.9 Å². The zero-order chi connectivity index (χ0) is 13.5. The topological polar surface area (TPSA) is 54.3 Å². The first-order chi connectivity index (χ1) is 8.29. The van der Waals surface area contributed by atoms with Gasteiger partial charge >= 0.3 is 0 Å². The van der Waals surface area contributed by atoms with Crippen LogP contribution in [0.4, 0.5) is 0 Å². The van der Waals surface area contributed by atoms with Gasteiger partial charge < -0.3 is 5.01 Å². The molecule has 1 aromatic rings. The number of hydrazone groups is 1. The van der Waals surface area contributed by atoms with Crippen LogP contribution in [0.1, 0.15) is 39.8 Å². The molecule has 0 N–H and O–H groups in total. The molecule has 1 aromatic heterocycles. The Morgan fingerprint density at radius 1 is 1.18 bits per heavy atom. The summed E-state index contributed by atoms with van der Waals surface area (Å²) < 4.78 is 0. The molecule has 2 heterocycles. The van der Waals surface area contributed by atoms with E-state index in [1.54, 1.807) is 6.20 Å². The second-order valence-electron chi connectivity index (χ2n) is 2.72. The molecule has 17 heavy (non-hydrogen) atoms. The van der Waals surface area contributed by atoms with Crippen molar-refractivity contribution in [3.8, 4) is 0 Å². The highest BCUT2D eigenvalue weighted by molar-refractivity contribution is 5.58. The van der Waals surface area contributed by atoms with Gasteiger partial charge in [-0.1, -0.05) is 27.7 Å². The Kier molecular flexibility index (Phi) is 15.2. The summed E-state index contributed by atoms with van der Waals surface area (Å²) in [4.78, 5) is 3.71. The molecular formula is C12H25N5. The molecule has 1 aliphatic heterocycles. The molecule has 0 fully saturated rings. The predicted octanol–water partition coefficient (Wildman–Crippen LogP) is 2.54. The summed E-state index contributed by atoms with van der Waals surface area (Å²) >= 11 is 0. The molecule has 0 saturated heterocycles. The number of aryl methyl sites for hydroxylation is 1. The number of rotatable bonds is 0. The highest BCUT2D eigenvalue weighted by Crippen LogP contribution is 1.91. The van der Waals surface area contributed by atoms with Crippen molar-refractivity contribution in [1.29, 1.82) is 0 Å². The largest absolute Gasteiger partial charge is 0.300 e. The standard InChI is InChI=1S/C4H5N3.C4H8N2.2C2H6/c1-4-2-5-3-6-7-4;1-6-4-2-3-5-6;2*1-2/h2-3H,1H3;3H,2,4H2,1H3;2*1-2H3. The summed E-state index contributed by atoms with van der Waals surface area (Å²) in [5, 5.41) is 13.1. The van der Waals surface area contributed by atoms with Crippen molar-refractivity contribution < 1.29 is 0 Å². The summed E-state index contributed by atoms with van der Waals surface area (Å²) in [5.74, 6) is 0. The minimum atomic E-state index is 0.850. The van der Waals surface area contributed by atoms with Crippen molar-refractivity contribution in [2.75, 3.05) is 13.6 Å². The molecule has 98 valence electrons. The highest BCUT2D eigenvalue weighted by Gasteiger charge is 1.94. The number of aromatic nitrogens is 3. The third-order valence-electron chi connectivity index (χ3n) is 1.46. The molecule has 5 heteroatoms. The van der Waals surface area contributed by atoms with E-state index in [4.69, 9.17) is 0 Å². The molecule has 0 saturated carbocycles. The lowest BCUT2D eigenvalue weighted by molar-refractivity contribution is 0.393. The fourth-order valence-corrected chi connectivity index (χ4v) is 0.813. The zero-order valence-corrected chi connectivity index (χ0v) is 11.9. The van der Waals surface area contributed by atoms with Crippen LogP contribution in [0.15, 0.2) is 17.6 Å². The molecule has 2 rings (SSSR count). The summed E-state index contributed by atoms with van der Waals surface area (Å²) in [6, 6.07) is 0. The highest BCUT2D eigenvalue weighted by atomic mass is 15.4. The first-order valence-electron chi connectivity index (χ1n) is 6.12. The average Bonchev–Trinajstić information content (AvgIpc) is 2.87. The minimum Gasteiger partial charge on any atom is -0.300 e. The minimum absolute atomic E-state index is 0.850. The average molecular weight is 239 g/mol. The lowest BCUT2D eigenvalue weighted by Crippen LogP contribution is -2.04. The van der Waals surface area contributed by atoms with Gasteiger partial charge in [0, 0.05) is 26.2 Å². The second kappa shape index (κ2) is 14.5. The van der Waals surface area contributed by atoms with Gasteiger partial charge in [-0.25, -0.2) is 4.98 Å². The van der Waals surface area contributed by atoms with E-state index in [-0.39, 0.29) is 0 Å².